The lowest BCUT2D eigenvalue weighted by molar-refractivity contribution is 0.152. The molecule has 1 aliphatic heterocycles. The van der Waals surface area contributed by atoms with E-state index in [0.29, 0.717) is 12.5 Å². The number of allylic oxidation sites excluding steroid dienone is 1. The minimum atomic E-state index is 0.486. The van der Waals surface area contributed by atoms with Crippen molar-refractivity contribution in [1.82, 2.24) is 4.98 Å². The van der Waals surface area contributed by atoms with Crippen LogP contribution < -0.4 is 4.74 Å². The van der Waals surface area contributed by atoms with Crippen LogP contribution in [-0.2, 0) is 11.2 Å². The summed E-state index contributed by atoms with van der Waals surface area (Å²) in [6, 6.07) is 5.85. The molecule has 0 saturated carbocycles. The van der Waals surface area contributed by atoms with Crippen LogP contribution in [0.3, 0.4) is 0 Å². The van der Waals surface area contributed by atoms with Crippen LogP contribution in [-0.4, -0.2) is 18.2 Å². The summed E-state index contributed by atoms with van der Waals surface area (Å²) in [7, 11) is 0. The van der Waals surface area contributed by atoms with Crippen LogP contribution in [0.4, 0.5) is 0 Å². The summed E-state index contributed by atoms with van der Waals surface area (Å²) in [5, 5.41) is 0. The van der Waals surface area contributed by atoms with Crippen molar-refractivity contribution >= 4 is 0 Å². The van der Waals surface area contributed by atoms with Gasteiger partial charge in [0.1, 0.15) is 12.4 Å². The van der Waals surface area contributed by atoms with Crippen LogP contribution in [0.2, 0.25) is 0 Å². The van der Waals surface area contributed by atoms with Crippen molar-refractivity contribution in [2.45, 2.75) is 26.2 Å². The normalized spacial score (nSPS) is 15.2. The Bertz CT molecular complexity index is 374. The zero-order valence-corrected chi connectivity index (χ0v) is 9.61. The molecule has 0 spiro atoms. The third-order valence-electron chi connectivity index (χ3n) is 2.51. The van der Waals surface area contributed by atoms with Crippen LogP contribution in [0, 0.1) is 0 Å². The fourth-order valence-electron chi connectivity index (χ4n) is 1.59. The van der Waals surface area contributed by atoms with E-state index in [1.165, 1.54) is 0 Å². The predicted octanol–water partition coefficient (Wildman–Crippen LogP) is 2.72. The van der Waals surface area contributed by atoms with Crippen molar-refractivity contribution in [1.29, 1.82) is 0 Å². The Balaban J connectivity index is 1.91. The second kappa shape index (κ2) is 5.54. The maximum Gasteiger partial charge on any atom is 0.213 e. The molecular formula is C13H17NO2. The van der Waals surface area contributed by atoms with Crippen molar-refractivity contribution in [2.24, 2.45) is 0 Å². The molecule has 1 aromatic rings. The van der Waals surface area contributed by atoms with E-state index in [1.807, 2.05) is 18.2 Å². The number of pyridine rings is 1. The molecule has 0 aliphatic carbocycles. The monoisotopic (exact) mass is 219 g/mol. The summed E-state index contributed by atoms with van der Waals surface area (Å²) in [6.45, 7) is 3.37. The topological polar surface area (TPSA) is 31.4 Å². The molecule has 0 amide bonds. The molecule has 0 N–H and O–H groups in total. The van der Waals surface area contributed by atoms with E-state index >= 15 is 0 Å². The average Bonchev–Trinajstić information content (AvgIpc) is 2.38. The lowest BCUT2D eigenvalue weighted by Crippen LogP contribution is -2.10. The summed E-state index contributed by atoms with van der Waals surface area (Å²) in [6.07, 6.45) is 5.21. The lowest BCUT2D eigenvalue weighted by Gasteiger charge is -2.15. The number of rotatable bonds is 4. The van der Waals surface area contributed by atoms with Gasteiger partial charge in [0, 0.05) is 11.8 Å². The lowest BCUT2D eigenvalue weighted by atomic mass is 10.2. The number of hydrogen-bond acceptors (Lipinski definition) is 3. The van der Waals surface area contributed by atoms with Gasteiger partial charge in [0.15, 0.2) is 0 Å². The molecule has 2 rings (SSSR count). The molecule has 0 bridgehead atoms. The number of nitrogens with zero attached hydrogens (tertiary/aromatic N) is 1. The van der Waals surface area contributed by atoms with Gasteiger partial charge >= 0.3 is 0 Å². The molecule has 2 heterocycles. The molecule has 0 aromatic carbocycles. The smallest absolute Gasteiger partial charge is 0.213 e. The van der Waals surface area contributed by atoms with Gasteiger partial charge in [-0.1, -0.05) is 13.0 Å². The second-order valence-corrected chi connectivity index (χ2v) is 3.77. The first kappa shape index (κ1) is 11.0. The van der Waals surface area contributed by atoms with E-state index in [-0.39, 0.29) is 0 Å². The van der Waals surface area contributed by atoms with E-state index in [9.17, 15) is 0 Å². The van der Waals surface area contributed by atoms with Gasteiger partial charge in [-0.05, 0) is 31.4 Å². The van der Waals surface area contributed by atoms with Crippen molar-refractivity contribution < 1.29 is 9.47 Å². The Morgan fingerprint density at radius 1 is 1.44 bits per heavy atom. The average molecular weight is 219 g/mol. The van der Waals surface area contributed by atoms with Crippen LogP contribution in [0.1, 0.15) is 25.5 Å². The molecular weight excluding hydrogens is 202 g/mol. The first-order valence-electron chi connectivity index (χ1n) is 5.79. The van der Waals surface area contributed by atoms with E-state index in [4.69, 9.17) is 9.47 Å². The fraction of sp³-hybridized carbons (Fsp3) is 0.462. The third kappa shape index (κ3) is 2.99. The van der Waals surface area contributed by atoms with E-state index in [1.54, 1.807) is 0 Å². The maximum absolute atomic E-state index is 5.58. The van der Waals surface area contributed by atoms with Crippen LogP contribution in [0.25, 0.3) is 0 Å². The highest BCUT2D eigenvalue weighted by molar-refractivity contribution is 5.16. The zero-order valence-electron chi connectivity index (χ0n) is 9.61. The largest absolute Gasteiger partial charge is 0.495 e. The Kier molecular flexibility index (Phi) is 3.81. The first-order chi connectivity index (χ1) is 7.88. The highest BCUT2D eigenvalue weighted by Crippen LogP contribution is 2.13. The summed E-state index contributed by atoms with van der Waals surface area (Å²) >= 11 is 0. The quantitative estimate of drug-likeness (QED) is 0.780. The van der Waals surface area contributed by atoms with Gasteiger partial charge in [0.25, 0.3) is 0 Å². The molecule has 0 fully saturated rings. The molecule has 3 nitrogen and oxygen atoms in total. The Labute approximate surface area is 96.1 Å². The molecule has 0 atom stereocenters. The molecule has 86 valence electrons. The van der Waals surface area contributed by atoms with Gasteiger partial charge in [-0.15, -0.1) is 0 Å². The van der Waals surface area contributed by atoms with E-state index < -0.39 is 0 Å². The number of hydrogen-bond donors (Lipinski definition) is 0. The van der Waals surface area contributed by atoms with Crippen molar-refractivity contribution in [3.05, 3.63) is 35.7 Å². The molecule has 1 aliphatic rings. The third-order valence-corrected chi connectivity index (χ3v) is 2.51. The fourth-order valence-corrected chi connectivity index (χ4v) is 1.59. The number of aromatic nitrogens is 1. The van der Waals surface area contributed by atoms with Gasteiger partial charge in [-0.3, -0.25) is 0 Å². The second-order valence-electron chi connectivity index (χ2n) is 3.77. The molecule has 0 unspecified atom stereocenters. The Morgan fingerprint density at radius 3 is 3.12 bits per heavy atom. The van der Waals surface area contributed by atoms with Crippen LogP contribution >= 0.6 is 0 Å². The summed E-state index contributed by atoms with van der Waals surface area (Å²) in [5.41, 5.74) is 1.05. The van der Waals surface area contributed by atoms with Gasteiger partial charge in [0.05, 0.1) is 6.61 Å². The molecule has 1 aromatic heterocycles. The molecule has 3 heteroatoms. The molecule has 16 heavy (non-hydrogen) atoms. The highest BCUT2D eigenvalue weighted by atomic mass is 16.5. The summed E-state index contributed by atoms with van der Waals surface area (Å²) < 4.78 is 11.0. The predicted molar refractivity (Wildman–Crippen MR) is 62.4 cm³/mol. The molecule has 0 radical (unpaired) electrons. The van der Waals surface area contributed by atoms with Gasteiger partial charge in [0.2, 0.25) is 5.88 Å². The van der Waals surface area contributed by atoms with E-state index in [0.717, 1.165) is 37.3 Å². The number of aryl methyl sites for hydroxylation is 1. The van der Waals surface area contributed by atoms with Crippen molar-refractivity contribution in [3.8, 4) is 5.88 Å². The van der Waals surface area contributed by atoms with Gasteiger partial charge in [-0.25, -0.2) is 4.98 Å². The van der Waals surface area contributed by atoms with Crippen molar-refractivity contribution in [3.63, 3.8) is 0 Å². The van der Waals surface area contributed by atoms with Crippen molar-refractivity contribution in [2.75, 3.05) is 13.2 Å². The van der Waals surface area contributed by atoms with Crippen LogP contribution in [0.5, 0.6) is 5.88 Å². The summed E-state index contributed by atoms with van der Waals surface area (Å²) in [4.78, 5) is 4.37. The summed E-state index contributed by atoms with van der Waals surface area (Å²) in [5.74, 6) is 1.60. The minimum absolute atomic E-state index is 0.486. The van der Waals surface area contributed by atoms with Crippen LogP contribution in [0.15, 0.2) is 30.0 Å². The molecule has 0 saturated heterocycles. The van der Waals surface area contributed by atoms with E-state index in [2.05, 4.69) is 18.0 Å². The highest BCUT2D eigenvalue weighted by Gasteiger charge is 2.05. The number of ether oxygens (including phenoxy) is 2. The standard InChI is InChI=1S/C13H17NO2/c1-2-11-6-5-8-13(14-11)16-10-12-7-3-4-9-15-12/h5-8H,2-4,9-10H2,1H3. The Hall–Kier alpha value is -1.51. The first-order valence-corrected chi connectivity index (χ1v) is 5.79. The SMILES string of the molecule is CCc1cccc(OCC2=CCCCO2)n1. The Morgan fingerprint density at radius 2 is 2.38 bits per heavy atom. The van der Waals surface area contributed by atoms with Gasteiger partial charge in [-0.2, -0.15) is 0 Å². The zero-order chi connectivity index (χ0) is 11.2. The van der Waals surface area contributed by atoms with Gasteiger partial charge < -0.3 is 9.47 Å². The minimum Gasteiger partial charge on any atom is -0.495 e. The maximum atomic E-state index is 5.58.